The fraction of sp³-hybridized carbons (Fsp3) is 0.667. The van der Waals surface area contributed by atoms with Crippen molar-refractivity contribution in [2.45, 2.75) is 31.7 Å². The van der Waals surface area contributed by atoms with Crippen molar-refractivity contribution in [2.24, 2.45) is 5.92 Å². The number of likely N-dealkylation sites (tertiary alicyclic amines) is 1. The molecule has 1 aliphatic carbocycles. The number of hydrogen-bond donors (Lipinski definition) is 1. The summed E-state index contributed by atoms with van der Waals surface area (Å²) in [6.07, 6.45) is 9.17. The average molecular weight is 245 g/mol. The van der Waals surface area contributed by atoms with E-state index in [1.807, 2.05) is 18.5 Å². The molecule has 98 valence electrons. The first-order valence-corrected chi connectivity index (χ1v) is 7.25. The van der Waals surface area contributed by atoms with E-state index in [1.165, 1.54) is 44.5 Å². The SMILES string of the molecule is c1cncc(CCNCC2CCN(C3CC3)C2)c1. The van der Waals surface area contributed by atoms with Gasteiger partial charge in [0.05, 0.1) is 0 Å². The minimum Gasteiger partial charge on any atom is -0.316 e. The van der Waals surface area contributed by atoms with Crippen molar-refractivity contribution < 1.29 is 0 Å². The van der Waals surface area contributed by atoms with E-state index >= 15 is 0 Å². The van der Waals surface area contributed by atoms with Gasteiger partial charge in [-0.15, -0.1) is 0 Å². The van der Waals surface area contributed by atoms with Gasteiger partial charge >= 0.3 is 0 Å². The lowest BCUT2D eigenvalue weighted by Crippen LogP contribution is -2.28. The van der Waals surface area contributed by atoms with Gasteiger partial charge in [-0.25, -0.2) is 0 Å². The van der Waals surface area contributed by atoms with Crippen LogP contribution in [-0.2, 0) is 6.42 Å². The maximum Gasteiger partial charge on any atom is 0.0300 e. The highest BCUT2D eigenvalue weighted by Crippen LogP contribution is 2.31. The van der Waals surface area contributed by atoms with Crippen LogP contribution in [0.3, 0.4) is 0 Å². The minimum absolute atomic E-state index is 0.875. The van der Waals surface area contributed by atoms with Gasteiger partial charge < -0.3 is 10.2 Å². The molecule has 2 aliphatic rings. The third-order valence-electron chi connectivity index (χ3n) is 4.13. The standard InChI is InChI=1S/C15H23N3/c1-2-13(10-16-7-1)5-8-17-11-14-6-9-18(12-14)15-3-4-15/h1-2,7,10,14-15,17H,3-6,8-9,11-12H2. The summed E-state index contributed by atoms with van der Waals surface area (Å²) < 4.78 is 0. The molecule has 1 atom stereocenters. The lowest BCUT2D eigenvalue weighted by molar-refractivity contribution is 0.312. The number of pyridine rings is 1. The van der Waals surface area contributed by atoms with Gasteiger partial charge in [0.15, 0.2) is 0 Å². The van der Waals surface area contributed by atoms with Gasteiger partial charge in [-0.1, -0.05) is 6.07 Å². The van der Waals surface area contributed by atoms with E-state index < -0.39 is 0 Å². The largest absolute Gasteiger partial charge is 0.316 e. The molecule has 2 heterocycles. The van der Waals surface area contributed by atoms with Crippen molar-refractivity contribution >= 4 is 0 Å². The monoisotopic (exact) mass is 245 g/mol. The number of nitrogens with zero attached hydrogens (tertiary/aromatic N) is 2. The summed E-state index contributed by atoms with van der Waals surface area (Å²) in [4.78, 5) is 6.83. The molecular weight excluding hydrogens is 222 g/mol. The van der Waals surface area contributed by atoms with E-state index in [9.17, 15) is 0 Å². The minimum atomic E-state index is 0.875. The molecule has 0 aromatic carbocycles. The molecule has 0 radical (unpaired) electrons. The van der Waals surface area contributed by atoms with Crippen molar-refractivity contribution in [3.8, 4) is 0 Å². The molecule has 1 aromatic rings. The van der Waals surface area contributed by atoms with Crippen LogP contribution in [0.1, 0.15) is 24.8 Å². The molecular formula is C15H23N3. The Bertz CT molecular complexity index is 361. The van der Waals surface area contributed by atoms with E-state index in [0.717, 1.165) is 24.9 Å². The molecule has 1 aliphatic heterocycles. The van der Waals surface area contributed by atoms with E-state index in [1.54, 1.807) is 0 Å². The molecule has 3 heteroatoms. The summed E-state index contributed by atoms with van der Waals surface area (Å²) in [5, 5.41) is 3.60. The topological polar surface area (TPSA) is 28.2 Å². The highest BCUT2D eigenvalue weighted by molar-refractivity contribution is 5.08. The lowest BCUT2D eigenvalue weighted by Gasteiger charge is -2.15. The zero-order chi connectivity index (χ0) is 12.2. The molecule has 1 N–H and O–H groups in total. The predicted octanol–water partition coefficient (Wildman–Crippen LogP) is 1.70. The maximum atomic E-state index is 4.14. The summed E-state index contributed by atoms with van der Waals surface area (Å²) in [7, 11) is 0. The second kappa shape index (κ2) is 5.81. The molecule has 0 spiro atoms. The number of nitrogens with one attached hydrogen (secondary N) is 1. The van der Waals surface area contributed by atoms with Crippen molar-refractivity contribution in [3.05, 3.63) is 30.1 Å². The molecule has 0 bridgehead atoms. The Labute approximate surface area is 110 Å². The zero-order valence-corrected chi connectivity index (χ0v) is 11.0. The van der Waals surface area contributed by atoms with Gasteiger partial charge in [0, 0.05) is 25.0 Å². The summed E-state index contributed by atoms with van der Waals surface area (Å²) in [5.41, 5.74) is 1.33. The smallest absolute Gasteiger partial charge is 0.0300 e. The van der Waals surface area contributed by atoms with Crippen LogP contribution in [0.4, 0.5) is 0 Å². The summed E-state index contributed by atoms with van der Waals surface area (Å²) >= 11 is 0. The quantitative estimate of drug-likeness (QED) is 0.773. The molecule has 1 unspecified atom stereocenters. The lowest BCUT2D eigenvalue weighted by atomic mass is 10.1. The first kappa shape index (κ1) is 12.1. The zero-order valence-electron chi connectivity index (χ0n) is 11.0. The normalized spacial score (nSPS) is 24.6. The Morgan fingerprint density at radius 1 is 1.33 bits per heavy atom. The molecule has 1 saturated heterocycles. The van der Waals surface area contributed by atoms with Crippen molar-refractivity contribution in [2.75, 3.05) is 26.2 Å². The number of hydrogen-bond acceptors (Lipinski definition) is 3. The van der Waals surface area contributed by atoms with Gasteiger partial charge in [0.25, 0.3) is 0 Å². The Kier molecular flexibility index (Phi) is 3.91. The van der Waals surface area contributed by atoms with Crippen LogP contribution < -0.4 is 5.32 Å². The highest BCUT2D eigenvalue weighted by Gasteiger charge is 2.33. The molecule has 0 amide bonds. The first-order chi connectivity index (χ1) is 8.92. The van der Waals surface area contributed by atoms with Gasteiger partial charge in [0.1, 0.15) is 0 Å². The van der Waals surface area contributed by atoms with E-state index in [-0.39, 0.29) is 0 Å². The third-order valence-corrected chi connectivity index (χ3v) is 4.13. The number of aromatic nitrogens is 1. The fourth-order valence-corrected chi connectivity index (χ4v) is 2.89. The molecule has 1 saturated carbocycles. The summed E-state index contributed by atoms with van der Waals surface area (Å²) in [6.45, 7) is 4.92. The van der Waals surface area contributed by atoms with E-state index in [2.05, 4.69) is 21.3 Å². The fourth-order valence-electron chi connectivity index (χ4n) is 2.89. The van der Waals surface area contributed by atoms with Crippen molar-refractivity contribution in [1.82, 2.24) is 15.2 Å². The third kappa shape index (κ3) is 3.30. The summed E-state index contributed by atoms with van der Waals surface area (Å²) in [5.74, 6) is 0.875. The second-order valence-corrected chi connectivity index (χ2v) is 5.70. The molecule has 2 fully saturated rings. The van der Waals surface area contributed by atoms with Crippen molar-refractivity contribution in [3.63, 3.8) is 0 Å². The Morgan fingerprint density at radius 2 is 2.28 bits per heavy atom. The summed E-state index contributed by atoms with van der Waals surface area (Å²) in [6, 6.07) is 5.12. The Hall–Kier alpha value is -0.930. The first-order valence-electron chi connectivity index (χ1n) is 7.25. The predicted molar refractivity (Wildman–Crippen MR) is 73.5 cm³/mol. The highest BCUT2D eigenvalue weighted by atomic mass is 15.2. The Balaban J connectivity index is 1.31. The van der Waals surface area contributed by atoms with Crippen LogP contribution in [0.15, 0.2) is 24.5 Å². The molecule has 1 aromatic heterocycles. The van der Waals surface area contributed by atoms with E-state index in [0.29, 0.717) is 0 Å². The average Bonchev–Trinajstić information content (AvgIpc) is 3.16. The van der Waals surface area contributed by atoms with Crippen LogP contribution in [-0.4, -0.2) is 42.1 Å². The molecule has 3 rings (SSSR count). The van der Waals surface area contributed by atoms with Crippen LogP contribution in [0, 0.1) is 5.92 Å². The van der Waals surface area contributed by atoms with E-state index in [4.69, 9.17) is 0 Å². The van der Waals surface area contributed by atoms with Crippen LogP contribution in [0.2, 0.25) is 0 Å². The van der Waals surface area contributed by atoms with Crippen LogP contribution in [0.5, 0.6) is 0 Å². The maximum absolute atomic E-state index is 4.14. The molecule has 18 heavy (non-hydrogen) atoms. The van der Waals surface area contributed by atoms with Crippen LogP contribution in [0.25, 0.3) is 0 Å². The van der Waals surface area contributed by atoms with Gasteiger partial charge in [-0.2, -0.15) is 0 Å². The van der Waals surface area contributed by atoms with Gasteiger partial charge in [-0.3, -0.25) is 4.98 Å². The van der Waals surface area contributed by atoms with Gasteiger partial charge in [0.2, 0.25) is 0 Å². The molecule has 3 nitrogen and oxygen atoms in total. The van der Waals surface area contributed by atoms with Crippen LogP contribution >= 0.6 is 0 Å². The van der Waals surface area contributed by atoms with Gasteiger partial charge in [-0.05, 0) is 62.9 Å². The van der Waals surface area contributed by atoms with Crippen molar-refractivity contribution in [1.29, 1.82) is 0 Å². The number of rotatable bonds is 6. The Morgan fingerprint density at radius 3 is 3.06 bits per heavy atom. The second-order valence-electron chi connectivity index (χ2n) is 5.70.